The SMILES string of the molecule is O=C(CCc1ccccc1)N1CCN(c2cc(F)c(O)cc2F)CC1. The molecule has 0 bridgehead atoms. The number of carbonyl (C=O) groups excluding carboxylic acids is 1. The van der Waals surface area contributed by atoms with Crippen molar-refractivity contribution in [2.75, 3.05) is 31.1 Å². The molecule has 25 heavy (non-hydrogen) atoms. The molecular formula is C19H20F2N2O2. The second-order valence-corrected chi connectivity index (χ2v) is 6.11. The third-order valence-corrected chi connectivity index (χ3v) is 4.46. The Bertz CT molecular complexity index is 745. The zero-order chi connectivity index (χ0) is 17.8. The van der Waals surface area contributed by atoms with Crippen molar-refractivity contribution in [1.29, 1.82) is 0 Å². The van der Waals surface area contributed by atoms with E-state index in [1.54, 1.807) is 9.80 Å². The molecule has 1 amide bonds. The van der Waals surface area contributed by atoms with Gasteiger partial charge in [0.25, 0.3) is 0 Å². The third-order valence-electron chi connectivity index (χ3n) is 4.46. The highest BCUT2D eigenvalue weighted by atomic mass is 19.1. The maximum absolute atomic E-state index is 13.9. The summed E-state index contributed by atoms with van der Waals surface area (Å²) < 4.78 is 27.4. The number of hydrogen-bond acceptors (Lipinski definition) is 3. The first kappa shape index (κ1) is 17.2. The van der Waals surface area contributed by atoms with Gasteiger partial charge < -0.3 is 14.9 Å². The van der Waals surface area contributed by atoms with Crippen LogP contribution in [0.15, 0.2) is 42.5 Å². The van der Waals surface area contributed by atoms with Crippen LogP contribution in [0.4, 0.5) is 14.5 Å². The molecule has 1 aliphatic heterocycles. The van der Waals surface area contributed by atoms with Crippen molar-refractivity contribution in [3.05, 3.63) is 59.7 Å². The summed E-state index contributed by atoms with van der Waals surface area (Å²) in [6, 6.07) is 11.6. The van der Waals surface area contributed by atoms with Crippen molar-refractivity contribution < 1.29 is 18.7 Å². The van der Waals surface area contributed by atoms with Crippen LogP contribution >= 0.6 is 0 Å². The van der Waals surface area contributed by atoms with Gasteiger partial charge in [-0.3, -0.25) is 4.79 Å². The fourth-order valence-corrected chi connectivity index (χ4v) is 3.02. The van der Waals surface area contributed by atoms with Gasteiger partial charge >= 0.3 is 0 Å². The van der Waals surface area contributed by atoms with Gasteiger partial charge in [-0.25, -0.2) is 8.78 Å². The van der Waals surface area contributed by atoms with Crippen molar-refractivity contribution in [1.82, 2.24) is 4.90 Å². The topological polar surface area (TPSA) is 43.8 Å². The molecule has 0 saturated carbocycles. The average Bonchev–Trinajstić information content (AvgIpc) is 2.64. The van der Waals surface area contributed by atoms with E-state index in [1.807, 2.05) is 30.3 Å². The number of nitrogens with zero attached hydrogens (tertiary/aromatic N) is 2. The number of rotatable bonds is 4. The van der Waals surface area contributed by atoms with E-state index >= 15 is 0 Å². The van der Waals surface area contributed by atoms with E-state index in [4.69, 9.17) is 0 Å². The minimum absolute atomic E-state index is 0.0702. The Morgan fingerprint density at radius 1 is 1.00 bits per heavy atom. The number of benzene rings is 2. The molecule has 2 aromatic carbocycles. The van der Waals surface area contributed by atoms with Gasteiger partial charge in [0.2, 0.25) is 5.91 Å². The molecule has 0 spiro atoms. The first-order chi connectivity index (χ1) is 12.0. The number of anilines is 1. The van der Waals surface area contributed by atoms with Crippen molar-refractivity contribution in [3.63, 3.8) is 0 Å². The summed E-state index contributed by atoms with van der Waals surface area (Å²) in [5.74, 6) is -2.14. The smallest absolute Gasteiger partial charge is 0.223 e. The molecule has 0 aromatic heterocycles. The summed E-state index contributed by atoms with van der Waals surface area (Å²) in [7, 11) is 0. The maximum atomic E-state index is 13.9. The molecule has 3 rings (SSSR count). The van der Waals surface area contributed by atoms with E-state index in [9.17, 15) is 18.7 Å². The highest BCUT2D eigenvalue weighted by molar-refractivity contribution is 5.76. The van der Waals surface area contributed by atoms with Crippen molar-refractivity contribution >= 4 is 11.6 Å². The summed E-state index contributed by atoms with van der Waals surface area (Å²) in [5, 5.41) is 9.20. The molecule has 0 unspecified atom stereocenters. The van der Waals surface area contributed by atoms with Crippen molar-refractivity contribution in [2.45, 2.75) is 12.8 Å². The average molecular weight is 346 g/mol. The van der Waals surface area contributed by atoms with Crippen LogP contribution in [0.5, 0.6) is 5.75 Å². The number of phenolic OH excluding ortho intramolecular Hbond substituents is 1. The first-order valence-corrected chi connectivity index (χ1v) is 8.29. The highest BCUT2D eigenvalue weighted by Crippen LogP contribution is 2.27. The van der Waals surface area contributed by atoms with Crippen molar-refractivity contribution in [2.24, 2.45) is 0 Å². The second kappa shape index (κ2) is 7.51. The van der Waals surface area contributed by atoms with Gasteiger partial charge in [-0.2, -0.15) is 0 Å². The quantitative estimate of drug-likeness (QED) is 0.926. The van der Waals surface area contributed by atoms with Gasteiger partial charge in [0, 0.05) is 44.7 Å². The number of aryl methyl sites for hydroxylation is 1. The fraction of sp³-hybridized carbons (Fsp3) is 0.316. The number of halogens is 2. The molecule has 1 N–H and O–H groups in total. The van der Waals surface area contributed by atoms with Gasteiger partial charge in [-0.1, -0.05) is 30.3 Å². The Morgan fingerprint density at radius 3 is 2.36 bits per heavy atom. The zero-order valence-electron chi connectivity index (χ0n) is 13.8. The highest BCUT2D eigenvalue weighted by Gasteiger charge is 2.23. The lowest BCUT2D eigenvalue weighted by atomic mass is 10.1. The van der Waals surface area contributed by atoms with E-state index in [0.717, 1.165) is 17.7 Å². The summed E-state index contributed by atoms with van der Waals surface area (Å²) in [5.41, 5.74) is 1.24. The number of aromatic hydroxyl groups is 1. The molecule has 0 aliphatic carbocycles. The van der Waals surface area contributed by atoms with Gasteiger partial charge in [-0.05, 0) is 12.0 Å². The van der Waals surface area contributed by atoms with Gasteiger partial charge in [0.1, 0.15) is 5.82 Å². The molecule has 2 aromatic rings. The first-order valence-electron chi connectivity index (χ1n) is 8.29. The Morgan fingerprint density at radius 2 is 1.68 bits per heavy atom. The van der Waals surface area contributed by atoms with Crippen LogP contribution in [0, 0.1) is 11.6 Å². The minimum atomic E-state index is -0.849. The monoisotopic (exact) mass is 346 g/mol. The lowest BCUT2D eigenvalue weighted by Gasteiger charge is -2.36. The second-order valence-electron chi connectivity index (χ2n) is 6.11. The van der Waals surface area contributed by atoms with Gasteiger partial charge in [-0.15, -0.1) is 0 Å². The van der Waals surface area contributed by atoms with Crippen LogP contribution in [-0.4, -0.2) is 42.1 Å². The standard InChI is InChI=1S/C19H20F2N2O2/c20-15-13-18(24)16(21)12-17(15)22-8-10-23(11-9-22)19(25)7-6-14-4-2-1-3-5-14/h1-5,12-13,24H,6-11H2. The Kier molecular flexibility index (Phi) is 5.16. The molecule has 0 radical (unpaired) electrons. The summed E-state index contributed by atoms with van der Waals surface area (Å²) in [6.45, 7) is 1.79. The molecule has 6 heteroatoms. The molecule has 1 aliphatic rings. The van der Waals surface area contributed by atoms with Crippen LogP contribution in [0.1, 0.15) is 12.0 Å². The van der Waals surface area contributed by atoms with Crippen LogP contribution in [-0.2, 0) is 11.2 Å². The Labute approximate surface area is 145 Å². The number of amides is 1. The molecule has 1 heterocycles. The van der Waals surface area contributed by atoms with Crippen LogP contribution < -0.4 is 4.90 Å². The number of phenols is 1. The van der Waals surface area contributed by atoms with E-state index in [0.29, 0.717) is 39.0 Å². The number of piperazine rings is 1. The van der Waals surface area contributed by atoms with E-state index in [-0.39, 0.29) is 11.6 Å². The normalized spacial score (nSPS) is 14.6. The summed E-state index contributed by atoms with van der Waals surface area (Å²) >= 11 is 0. The maximum Gasteiger partial charge on any atom is 0.223 e. The number of hydrogen-bond donors (Lipinski definition) is 1. The van der Waals surface area contributed by atoms with E-state index in [2.05, 4.69) is 0 Å². The van der Waals surface area contributed by atoms with E-state index < -0.39 is 17.4 Å². The number of carbonyl (C=O) groups is 1. The molecule has 132 valence electrons. The minimum Gasteiger partial charge on any atom is -0.505 e. The predicted molar refractivity (Wildman–Crippen MR) is 91.6 cm³/mol. The zero-order valence-corrected chi connectivity index (χ0v) is 13.8. The van der Waals surface area contributed by atoms with Crippen LogP contribution in [0.3, 0.4) is 0 Å². The Balaban J connectivity index is 1.55. The fourth-order valence-electron chi connectivity index (χ4n) is 3.02. The van der Waals surface area contributed by atoms with Crippen molar-refractivity contribution in [3.8, 4) is 5.75 Å². The molecule has 0 atom stereocenters. The largest absolute Gasteiger partial charge is 0.505 e. The summed E-state index contributed by atoms with van der Waals surface area (Å²) in [6.07, 6.45) is 1.13. The third kappa shape index (κ3) is 4.07. The summed E-state index contributed by atoms with van der Waals surface area (Å²) in [4.78, 5) is 15.8. The molecule has 1 fully saturated rings. The van der Waals surface area contributed by atoms with Crippen LogP contribution in [0.25, 0.3) is 0 Å². The Hall–Kier alpha value is -2.63. The molecule has 1 saturated heterocycles. The van der Waals surface area contributed by atoms with E-state index in [1.165, 1.54) is 0 Å². The van der Waals surface area contributed by atoms with Crippen LogP contribution in [0.2, 0.25) is 0 Å². The van der Waals surface area contributed by atoms with Gasteiger partial charge in [0.05, 0.1) is 5.69 Å². The molecule has 4 nitrogen and oxygen atoms in total. The van der Waals surface area contributed by atoms with Gasteiger partial charge in [0.15, 0.2) is 11.6 Å². The lowest BCUT2D eigenvalue weighted by Crippen LogP contribution is -2.49. The lowest BCUT2D eigenvalue weighted by molar-refractivity contribution is -0.131. The predicted octanol–water partition coefficient (Wildman–Crippen LogP) is 2.95. The molecular weight excluding hydrogens is 326 g/mol.